The molecular formula is C10H6ClNO3. The second-order valence-electron chi connectivity index (χ2n) is 2.81. The average Bonchev–Trinajstić information content (AvgIpc) is 2.62. The van der Waals surface area contributed by atoms with Crippen molar-refractivity contribution in [2.24, 2.45) is 0 Å². The van der Waals surface area contributed by atoms with Crippen molar-refractivity contribution in [3.05, 3.63) is 41.4 Å². The minimum absolute atomic E-state index is 0.0543. The van der Waals surface area contributed by atoms with E-state index in [0.717, 1.165) is 0 Å². The van der Waals surface area contributed by atoms with Crippen LogP contribution in [0.1, 0.15) is 10.7 Å². The fraction of sp³-hybridized carbons (Fsp3) is 0. The molecule has 0 fully saturated rings. The highest BCUT2D eigenvalue weighted by atomic mass is 35.5. The Balaban J connectivity index is 2.50. The van der Waals surface area contributed by atoms with E-state index in [0.29, 0.717) is 5.56 Å². The summed E-state index contributed by atoms with van der Waals surface area (Å²) in [7, 11) is 0. The zero-order valence-corrected chi connectivity index (χ0v) is 8.23. The van der Waals surface area contributed by atoms with Gasteiger partial charge in [0.15, 0.2) is 10.9 Å². The Labute approximate surface area is 90.1 Å². The Kier molecular flexibility index (Phi) is 2.43. The fourth-order valence-corrected chi connectivity index (χ4v) is 1.39. The van der Waals surface area contributed by atoms with Crippen LogP contribution in [0, 0.1) is 0 Å². The van der Waals surface area contributed by atoms with Gasteiger partial charge >= 0.3 is 11.9 Å². The monoisotopic (exact) mass is 223 g/mol. The minimum Gasteiger partial charge on any atom is -0.474 e. The van der Waals surface area contributed by atoms with Gasteiger partial charge in [0.2, 0.25) is 0 Å². The number of carboxylic acid groups (broad SMARTS) is 1. The molecule has 0 aliphatic rings. The van der Waals surface area contributed by atoms with E-state index in [9.17, 15) is 4.79 Å². The second kappa shape index (κ2) is 3.74. The maximum atomic E-state index is 10.6. The van der Waals surface area contributed by atoms with E-state index in [1.165, 1.54) is 0 Å². The molecule has 1 aromatic heterocycles. The molecule has 0 amide bonds. The number of rotatable bonds is 2. The molecule has 2 rings (SSSR count). The van der Waals surface area contributed by atoms with Crippen LogP contribution in [0.25, 0.3) is 11.3 Å². The molecule has 0 saturated heterocycles. The van der Waals surface area contributed by atoms with Crippen LogP contribution < -0.4 is 0 Å². The number of aromatic carboxylic acids is 1. The molecular weight excluding hydrogens is 218 g/mol. The Morgan fingerprint density at radius 2 is 2.00 bits per heavy atom. The first-order valence-corrected chi connectivity index (χ1v) is 4.51. The predicted molar refractivity (Wildman–Crippen MR) is 53.9 cm³/mol. The molecule has 0 atom stereocenters. The molecule has 0 aliphatic heterocycles. The summed E-state index contributed by atoms with van der Waals surface area (Å²) < 4.78 is 5.02. The zero-order chi connectivity index (χ0) is 10.8. The summed E-state index contributed by atoms with van der Waals surface area (Å²) in [5.41, 5.74) is 0.697. The van der Waals surface area contributed by atoms with Gasteiger partial charge in [-0.25, -0.2) is 4.79 Å². The molecule has 0 spiro atoms. The largest absolute Gasteiger partial charge is 0.474 e. The summed E-state index contributed by atoms with van der Waals surface area (Å²) >= 11 is 5.76. The molecule has 1 heterocycles. The summed E-state index contributed by atoms with van der Waals surface area (Å²) in [5.74, 6) is -1.37. The summed E-state index contributed by atoms with van der Waals surface area (Å²) in [4.78, 5) is 14.2. The Hall–Kier alpha value is -1.81. The van der Waals surface area contributed by atoms with E-state index in [1.54, 1.807) is 24.3 Å². The van der Waals surface area contributed by atoms with E-state index in [4.69, 9.17) is 21.1 Å². The first-order chi connectivity index (χ1) is 7.18. The quantitative estimate of drug-likeness (QED) is 0.850. The van der Waals surface area contributed by atoms with Crippen LogP contribution in [0.5, 0.6) is 0 Å². The van der Waals surface area contributed by atoms with Gasteiger partial charge in [-0.3, -0.25) is 0 Å². The van der Waals surface area contributed by atoms with Crippen LogP contribution in [-0.2, 0) is 0 Å². The normalized spacial score (nSPS) is 10.2. The van der Waals surface area contributed by atoms with Gasteiger partial charge in [-0.1, -0.05) is 41.9 Å². The number of carbonyl (C=O) groups is 1. The van der Waals surface area contributed by atoms with Crippen LogP contribution in [0.3, 0.4) is 0 Å². The Morgan fingerprint density at radius 1 is 1.33 bits per heavy atom. The molecule has 1 N–H and O–H groups in total. The zero-order valence-electron chi connectivity index (χ0n) is 7.48. The van der Waals surface area contributed by atoms with Crippen LogP contribution in [-0.4, -0.2) is 16.1 Å². The molecule has 4 nitrogen and oxygen atoms in total. The van der Waals surface area contributed by atoms with Gasteiger partial charge in [-0.15, -0.1) is 0 Å². The number of hydrogen-bond acceptors (Lipinski definition) is 3. The summed E-state index contributed by atoms with van der Waals surface area (Å²) in [6, 6.07) is 8.96. The maximum Gasteiger partial charge on any atom is 0.392 e. The highest BCUT2D eigenvalue weighted by Gasteiger charge is 2.17. The number of benzene rings is 1. The van der Waals surface area contributed by atoms with Crippen molar-refractivity contribution in [2.75, 3.05) is 0 Å². The number of oxazole rings is 1. The molecule has 76 valence electrons. The number of carboxylic acids is 1. The van der Waals surface area contributed by atoms with E-state index in [1.807, 2.05) is 6.07 Å². The maximum absolute atomic E-state index is 10.6. The second-order valence-corrected chi connectivity index (χ2v) is 3.17. The smallest absolute Gasteiger partial charge is 0.392 e. The van der Waals surface area contributed by atoms with Gasteiger partial charge in [-0.2, -0.15) is 4.98 Å². The lowest BCUT2D eigenvalue weighted by Gasteiger charge is -1.94. The highest BCUT2D eigenvalue weighted by Crippen LogP contribution is 2.28. The molecule has 0 unspecified atom stereocenters. The molecule has 2 aromatic rings. The molecule has 15 heavy (non-hydrogen) atoms. The van der Waals surface area contributed by atoms with Gasteiger partial charge in [0.25, 0.3) is 0 Å². The molecule has 5 heteroatoms. The number of aromatic nitrogens is 1. The highest BCUT2D eigenvalue weighted by molar-refractivity contribution is 6.31. The van der Waals surface area contributed by atoms with Crippen molar-refractivity contribution >= 4 is 17.6 Å². The molecule has 0 aliphatic carbocycles. The van der Waals surface area contributed by atoms with Gasteiger partial charge in [-0.05, 0) is 0 Å². The molecule has 0 saturated carbocycles. The van der Waals surface area contributed by atoms with Gasteiger partial charge in [0.05, 0.1) is 0 Å². The minimum atomic E-state index is -1.24. The number of nitrogens with zero attached hydrogens (tertiary/aromatic N) is 1. The van der Waals surface area contributed by atoms with E-state index in [2.05, 4.69) is 4.98 Å². The van der Waals surface area contributed by atoms with Crippen molar-refractivity contribution in [1.82, 2.24) is 4.98 Å². The lowest BCUT2D eigenvalue weighted by molar-refractivity contribution is 0.0654. The number of hydrogen-bond donors (Lipinski definition) is 1. The average molecular weight is 224 g/mol. The number of halogens is 1. The summed E-state index contributed by atoms with van der Waals surface area (Å²) in [6.07, 6.45) is 0. The van der Waals surface area contributed by atoms with Gasteiger partial charge < -0.3 is 9.52 Å². The Morgan fingerprint density at radius 3 is 2.53 bits per heavy atom. The molecule has 0 bridgehead atoms. The van der Waals surface area contributed by atoms with Gasteiger partial charge in [0.1, 0.15) is 0 Å². The third-order valence-electron chi connectivity index (χ3n) is 1.80. The predicted octanol–water partition coefficient (Wildman–Crippen LogP) is 2.69. The van der Waals surface area contributed by atoms with Crippen molar-refractivity contribution in [3.8, 4) is 11.3 Å². The van der Waals surface area contributed by atoms with Crippen LogP contribution >= 0.6 is 11.6 Å². The first kappa shape index (κ1) is 9.73. The summed E-state index contributed by atoms with van der Waals surface area (Å²) in [5, 5.41) is 8.71. The van der Waals surface area contributed by atoms with Crippen molar-refractivity contribution in [3.63, 3.8) is 0 Å². The molecule has 0 radical (unpaired) electrons. The van der Waals surface area contributed by atoms with Crippen LogP contribution in [0.2, 0.25) is 5.15 Å². The third-order valence-corrected chi connectivity index (χ3v) is 2.06. The van der Waals surface area contributed by atoms with E-state index < -0.39 is 11.9 Å². The van der Waals surface area contributed by atoms with Crippen molar-refractivity contribution in [1.29, 1.82) is 0 Å². The van der Waals surface area contributed by atoms with Crippen LogP contribution in [0.4, 0.5) is 0 Å². The lowest BCUT2D eigenvalue weighted by Crippen LogP contribution is -1.94. The Bertz CT molecular complexity index is 493. The van der Waals surface area contributed by atoms with E-state index >= 15 is 0 Å². The molecule has 1 aromatic carbocycles. The standard InChI is InChI=1S/C10H6ClNO3/c11-8-7(6-4-2-1-3-5-6)15-9(12-8)10(13)14/h1-5H,(H,13,14). The summed E-state index contributed by atoms with van der Waals surface area (Å²) in [6.45, 7) is 0. The van der Waals surface area contributed by atoms with Crippen LogP contribution in [0.15, 0.2) is 34.7 Å². The lowest BCUT2D eigenvalue weighted by atomic mass is 10.2. The first-order valence-electron chi connectivity index (χ1n) is 4.13. The van der Waals surface area contributed by atoms with E-state index in [-0.39, 0.29) is 10.9 Å². The third kappa shape index (κ3) is 1.85. The topological polar surface area (TPSA) is 63.3 Å². The van der Waals surface area contributed by atoms with Gasteiger partial charge in [0, 0.05) is 5.56 Å². The SMILES string of the molecule is O=C(O)c1nc(Cl)c(-c2ccccc2)o1. The van der Waals surface area contributed by atoms with Crippen molar-refractivity contribution in [2.45, 2.75) is 0 Å². The fourth-order valence-electron chi connectivity index (χ4n) is 1.16. The van der Waals surface area contributed by atoms with Crippen molar-refractivity contribution < 1.29 is 14.3 Å².